The van der Waals surface area contributed by atoms with Crippen LogP contribution in [0.4, 0.5) is 0 Å². The maximum absolute atomic E-state index is 12.4. The molecule has 0 aliphatic rings. The number of hydrogen-bond donors (Lipinski definition) is 1. The number of ether oxygens (including phenoxy) is 1. The van der Waals surface area contributed by atoms with Crippen molar-refractivity contribution < 1.29 is 14.3 Å². The molecule has 1 N–H and O–H groups in total. The lowest BCUT2D eigenvalue weighted by Crippen LogP contribution is -2.41. The second-order valence-electron chi connectivity index (χ2n) is 5.37. The highest BCUT2D eigenvalue weighted by Gasteiger charge is 2.24. The lowest BCUT2D eigenvalue weighted by atomic mass is 9.99. The second-order valence-corrected chi connectivity index (χ2v) is 5.37. The molecule has 2 rings (SSSR count). The van der Waals surface area contributed by atoms with Gasteiger partial charge in [-0.15, -0.1) is 0 Å². The molecule has 5 nitrogen and oxygen atoms in total. The van der Waals surface area contributed by atoms with Gasteiger partial charge in [-0.2, -0.15) is 0 Å². The fraction of sp³-hybridized carbons (Fsp3) is 0.235. The Balaban J connectivity index is 2.20. The molecule has 0 saturated heterocycles. The molecule has 1 aromatic carbocycles. The normalized spacial score (nSPS) is 10.9. The summed E-state index contributed by atoms with van der Waals surface area (Å²) in [5, 5.41) is 2.92. The largest absolute Gasteiger partial charge is 0.465 e. The number of aromatic nitrogens is 1. The van der Waals surface area contributed by atoms with Crippen LogP contribution in [-0.4, -0.2) is 24.0 Å². The summed E-state index contributed by atoms with van der Waals surface area (Å²) in [7, 11) is 1.30. The molecule has 1 aromatic heterocycles. The number of nitrogens with one attached hydrogen (secondary N) is 1. The average Bonchev–Trinajstić information content (AvgIpc) is 2.54. The summed E-state index contributed by atoms with van der Waals surface area (Å²) >= 11 is 0. The Labute approximate surface area is 129 Å². The van der Waals surface area contributed by atoms with Crippen LogP contribution in [0.25, 0.3) is 0 Å². The number of amides is 1. The number of nitrogens with zero attached hydrogens (tertiary/aromatic N) is 1. The Morgan fingerprint density at radius 1 is 1.09 bits per heavy atom. The molecule has 1 heterocycles. The zero-order valence-corrected chi connectivity index (χ0v) is 12.8. The smallest absolute Gasteiger partial charge is 0.337 e. The van der Waals surface area contributed by atoms with E-state index >= 15 is 0 Å². The van der Waals surface area contributed by atoms with Crippen LogP contribution >= 0.6 is 0 Å². The molecule has 1 amide bonds. The molecule has 0 spiro atoms. The predicted molar refractivity (Wildman–Crippen MR) is 82.5 cm³/mol. The average molecular weight is 298 g/mol. The third-order valence-electron chi connectivity index (χ3n) is 3.28. The van der Waals surface area contributed by atoms with E-state index in [1.165, 1.54) is 13.2 Å². The van der Waals surface area contributed by atoms with Crippen LogP contribution in [-0.2, 0) is 10.3 Å². The zero-order valence-electron chi connectivity index (χ0n) is 12.8. The molecule has 0 atom stereocenters. The zero-order chi connectivity index (χ0) is 16.2. The monoisotopic (exact) mass is 298 g/mol. The van der Waals surface area contributed by atoms with Crippen LogP contribution in [0.3, 0.4) is 0 Å². The highest BCUT2D eigenvalue weighted by molar-refractivity contribution is 5.98. The van der Waals surface area contributed by atoms with E-state index in [1.807, 2.05) is 32.0 Å². The topological polar surface area (TPSA) is 68.3 Å². The van der Waals surface area contributed by atoms with Crippen molar-refractivity contribution in [1.82, 2.24) is 10.3 Å². The molecule has 0 aliphatic carbocycles. The van der Waals surface area contributed by atoms with Crippen molar-refractivity contribution in [3.8, 4) is 0 Å². The molecule has 0 saturated carbocycles. The molecule has 0 aliphatic heterocycles. The van der Waals surface area contributed by atoms with Crippen LogP contribution in [0, 0.1) is 0 Å². The molecule has 0 fully saturated rings. The van der Waals surface area contributed by atoms with E-state index in [0.29, 0.717) is 11.1 Å². The van der Waals surface area contributed by atoms with Crippen LogP contribution < -0.4 is 5.32 Å². The maximum atomic E-state index is 12.4. The molecule has 5 heteroatoms. The quantitative estimate of drug-likeness (QED) is 0.881. The second kappa shape index (κ2) is 6.39. The summed E-state index contributed by atoms with van der Waals surface area (Å²) in [6, 6.07) is 12.0. The lowest BCUT2D eigenvalue weighted by molar-refractivity contribution is 0.0600. The minimum Gasteiger partial charge on any atom is -0.465 e. The summed E-state index contributed by atoms with van der Waals surface area (Å²) in [4.78, 5) is 28.2. The summed E-state index contributed by atoms with van der Waals surface area (Å²) < 4.78 is 4.66. The number of carbonyl (C=O) groups is 2. The van der Waals surface area contributed by atoms with Gasteiger partial charge in [0.1, 0.15) is 0 Å². The van der Waals surface area contributed by atoms with Crippen molar-refractivity contribution >= 4 is 11.9 Å². The third-order valence-corrected chi connectivity index (χ3v) is 3.28. The molecular weight excluding hydrogens is 280 g/mol. The van der Waals surface area contributed by atoms with E-state index in [1.54, 1.807) is 24.4 Å². The van der Waals surface area contributed by atoms with Crippen LogP contribution in [0.2, 0.25) is 0 Å². The Hall–Kier alpha value is -2.69. The minimum absolute atomic E-state index is 0.276. The van der Waals surface area contributed by atoms with Crippen molar-refractivity contribution in [1.29, 1.82) is 0 Å². The number of benzene rings is 1. The highest BCUT2D eigenvalue weighted by atomic mass is 16.5. The molecule has 114 valence electrons. The first kappa shape index (κ1) is 15.7. The van der Waals surface area contributed by atoms with Gasteiger partial charge in [-0.1, -0.05) is 12.1 Å². The first-order valence-electron chi connectivity index (χ1n) is 6.86. The number of pyridine rings is 1. The first-order valence-corrected chi connectivity index (χ1v) is 6.86. The van der Waals surface area contributed by atoms with Gasteiger partial charge in [0.15, 0.2) is 0 Å². The van der Waals surface area contributed by atoms with Gasteiger partial charge < -0.3 is 10.1 Å². The van der Waals surface area contributed by atoms with E-state index in [9.17, 15) is 9.59 Å². The van der Waals surface area contributed by atoms with Crippen molar-refractivity contribution in [3.05, 3.63) is 65.5 Å². The lowest BCUT2D eigenvalue weighted by Gasteiger charge is -2.25. The maximum Gasteiger partial charge on any atom is 0.337 e. The van der Waals surface area contributed by atoms with E-state index < -0.39 is 11.5 Å². The van der Waals surface area contributed by atoms with E-state index in [4.69, 9.17) is 0 Å². The van der Waals surface area contributed by atoms with Crippen LogP contribution in [0.5, 0.6) is 0 Å². The van der Waals surface area contributed by atoms with Gasteiger partial charge in [-0.3, -0.25) is 9.78 Å². The van der Waals surface area contributed by atoms with Gasteiger partial charge in [0.25, 0.3) is 5.91 Å². The standard InChI is InChI=1S/C17H18N2O3/c1-17(2,14-9-4-5-10-18-14)19-15(20)12-7-6-8-13(11-12)16(21)22-3/h4-11H,1-3H3,(H,19,20). The third kappa shape index (κ3) is 3.49. The van der Waals surface area contributed by atoms with Gasteiger partial charge in [-0.05, 0) is 44.2 Å². The van der Waals surface area contributed by atoms with E-state index in [2.05, 4.69) is 15.0 Å². The van der Waals surface area contributed by atoms with Crippen molar-refractivity contribution in [2.24, 2.45) is 0 Å². The summed E-state index contributed by atoms with van der Waals surface area (Å²) in [6.45, 7) is 3.74. The summed E-state index contributed by atoms with van der Waals surface area (Å²) in [5.74, 6) is -0.750. The van der Waals surface area contributed by atoms with Crippen LogP contribution in [0.1, 0.15) is 40.3 Å². The molecule has 0 bridgehead atoms. The predicted octanol–water partition coefficient (Wildman–Crippen LogP) is 2.53. The van der Waals surface area contributed by atoms with Crippen molar-refractivity contribution in [3.63, 3.8) is 0 Å². The SMILES string of the molecule is COC(=O)c1cccc(C(=O)NC(C)(C)c2ccccn2)c1. The fourth-order valence-electron chi connectivity index (χ4n) is 2.06. The van der Waals surface area contributed by atoms with E-state index in [-0.39, 0.29) is 5.91 Å². The Morgan fingerprint density at radius 2 is 1.82 bits per heavy atom. The molecule has 0 unspecified atom stereocenters. The van der Waals surface area contributed by atoms with Crippen LogP contribution in [0.15, 0.2) is 48.7 Å². The van der Waals surface area contributed by atoms with Crippen molar-refractivity contribution in [2.75, 3.05) is 7.11 Å². The number of esters is 1. The van der Waals surface area contributed by atoms with Gasteiger partial charge in [-0.25, -0.2) is 4.79 Å². The molecule has 0 radical (unpaired) electrons. The van der Waals surface area contributed by atoms with Gasteiger partial charge in [0, 0.05) is 11.8 Å². The molecule has 2 aromatic rings. The number of methoxy groups -OCH3 is 1. The van der Waals surface area contributed by atoms with Crippen molar-refractivity contribution in [2.45, 2.75) is 19.4 Å². The Bertz CT molecular complexity index is 681. The minimum atomic E-state index is -0.625. The summed E-state index contributed by atoms with van der Waals surface area (Å²) in [5.41, 5.74) is 0.866. The number of rotatable bonds is 4. The number of carbonyl (C=O) groups excluding carboxylic acids is 2. The molecule has 22 heavy (non-hydrogen) atoms. The van der Waals surface area contributed by atoms with Gasteiger partial charge in [0.2, 0.25) is 0 Å². The summed E-state index contributed by atoms with van der Waals surface area (Å²) in [6.07, 6.45) is 1.68. The van der Waals surface area contributed by atoms with E-state index in [0.717, 1.165) is 5.69 Å². The number of hydrogen-bond acceptors (Lipinski definition) is 4. The molecular formula is C17H18N2O3. The van der Waals surface area contributed by atoms with Gasteiger partial charge in [0.05, 0.1) is 23.9 Å². The fourth-order valence-corrected chi connectivity index (χ4v) is 2.06. The Kier molecular flexibility index (Phi) is 4.56. The van der Waals surface area contributed by atoms with Gasteiger partial charge >= 0.3 is 5.97 Å². The highest BCUT2D eigenvalue weighted by Crippen LogP contribution is 2.18. The Morgan fingerprint density at radius 3 is 2.45 bits per heavy atom. The first-order chi connectivity index (χ1) is 10.4.